The topological polar surface area (TPSA) is 126 Å². The van der Waals surface area contributed by atoms with E-state index < -0.39 is 17.9 Å². The van der Waals surface area contributed by atoms with Gasteiger partial charge in [0.15, 0.2) is 6.04 Å². The third kappa shape index (κ3) is 4.77. The van der Waals surface area contributed by atoms with Gasteiger partial charge in [-0.25, -0.2) is 10.5 Å². The molecule has 1 aromatic heterocycles. The Morgan fingerprint density at radius 3 is 1.95 bits per heavy atom. The maximum Gasteiger partial charge on any atom is 0.272 e. The van der Waals surface area contributed by atoms with E-state index in [4.69, 9.17) is 5.10 Å². The van der Waals surface area contributed by atoms with Crippen LogP contribution in [0.2, 0.25) is 0 Å². The molecule has 0 radical (unpaired) electrons. The number of carbonyl (C=O) groups excluding carboxylic acids is 2. The third-order valence-electron chi connectivity index (χ3n) is 8.18. The van der Waals surface area contributed by atoms with Crippen LogP contribution in [0.15, 0.2) is 94.8 Å². The largest absolute Gasteiger partial charge is 0.335 e. The fraction of sp³-hybridized carbons (Fsp3) is 0.258. The summed E-state index contributed by atoms with van der Waals surface area (Å²) in [6.45, 7) is 5.28. The molecule has 1 atom stereocenters. The molecule has 11 heteroatoms. The highest BCUT2D eigenvalue weighted by Gasteiger charge is 2.52. The van der Waals surface area contributed by atoms with Crippen molar-refractivity contribution in [2.24, 2.45) is 10.5 Å². The number of hydrazone groups is 1. The van der Waals surface area contributed by atoms with Crippen LogP contribution in [0, 0.1) is 5.41 Å². The van der Waals surface area contributed by atoms with Crippen LogP contribution in [0.3, 0.4) is 0 Å². The fourth-order valence-electron chi connectivity index (χ4n) is 6.62. The Bertz CT molecular complexity index is 1700. The number of aromatic amines is 1. The number of amides is 2. The number of benzene rings is 3. The molecule has 4 aliphatic rings. The molecule has 4 aromatic rings. The number of nitrogens with zero attached hydrogens (tertiary/aromatic N) is 5. The van der Waals surface area contributed by atoms with Gasteiger partial charge < -0.3 is 5.32 Å². The molecule has 212 valence electrons. The van der Waals surface area contributed by atoms with Gasteiger partial charge in [0.1, 0.15) is 5.69 Å². The number of carbonyl (C=O) groups is 2. The molecule has 3 aromatic carbocycles. The SMILES string of the molecule is O=C(NC(C(=O)N/N=C(/c1ccccc1)C12CN3CN(CN(C3)C1)C2)c1n[nH]c(=O)c2ccccc12)c1ccccc1. The second kappa shape index (κ2) is 10.6. The fourth-order valence-corrected chi connectivity index (χ4v) is 6.62. The summed E-state index contributed by atoms with van der Waals surface area (Å²) in [4.78, 5) is 47.0. The predicted molar refractivity (Wildman–Crippen MR) is 157 cm³/mol. The molecule has 4 fully saturated rings. The van der Waals surface area contributed by atoms with Crippen molar-refractivity contribution >= 4 is 28.3 Å². The minimum absolute atomic E-state index is 0.224. The lowest BCUT2D eigenvalue weighted by molar-refractivity contribution is -0.149. The Hall–Kier alpha value is -4.71. The Labute approximate surface area is 241 Å². The van der Waals surface area contributed by atoms with Crippen molar-refractivity contribution in [1.82, 2.24) is 35.6 Å². The van der Waals surface area contributed by atoms with Crippen molar-refractivity contribution in [2.45, 2.75) is 6.04 Å². The quantitative estimate of drug-likeness (QED) is 0.231. The minimum Gasteiger partial charge on any atom is -0.335 e. The molecule has 4 bridgehead atoms. The Balaban J connectivity index is 1.27. The molecule has 5 heterocycles. The molecule has 2 amide bonds. The van der Waals surface area contributed by atoms with E-state index in [1.54, 1.807) is 48.5 Å². The number of hydrogen-bond donors (Lipinski definition) is 3. The van der Waals surface area contributed by atoms with Gasteiger partial charge in [0, 0.05) is 30.6 Å². The van der Waals surface area contributed by atoms with Crippen molar-refractivity contribution < 1.29 is 9.59 Å². The summed E-state index contributed by atoms with van der Waals surface area (Å²) in [5.41, 5.74) is 4.45. The predicted octanol–water partition coefficient (Wildman–Crippen LogP) is 1.72. The van der Waals surface area contributed by atoms with Crippen molar-refractivity contribution in [3.05, 3.63) is 112 Å². The molecule has 0 saturated carbocycles. The van der Waals surface area contributed by atoms with E-state index in [2.05, 4.69) is 35.6 Å². The molecule has 0 aliphatic carbocycles. The third-order valence-corrected chi connectivity index (χ3v) is 8.18. The molecule has 8 rings (SSSR count). The Kier molecular flexibility index (Phi) is 6.62. The molecule has 4 saturated heterocycles. The van der Waals surface area contributed by atoms with Gasteiger partial charge in [-0.05, 0) is 23.8 Å². The number of rotatable bonds is 7. The van der Waals surface area contributed by atoms with E-state index in [0.29, 0.717) is 16.3 Å². The first-order chi connectivity index (χ1) is 20.5. The average molecular weight is 563 g/mol. The van der Waals surface area contributed by atoms with Crippen molar-refractivity contribution in [3.8, 4) is 0 Å². The van der Waals surface area contributed by atoms with Crippen LogP contribution in [0.4, 0.5) is 0 Å². The van der Waals surface area contributed by atoms with Crippen LogP contribution in [-0.4, -0.2) is 82.1 Å². The molecule has 11 nitrogen and oxygen atoms in total. The molecule has 4 aliphatic heterocycles. The van der Waals surface area contributed by atoms with Crippen LogP contribution in [0.1, 0.15) is 27.7 Å². The lowest BCUT2D eigenvalue weighted by atomic mass is 9.74. The van der Waals surface area contributed by atoms with Crippen LogP contribution in [0.5, 0.6) is 0 Å². The molecular weight excluding hydrogens is 532 g/mol. The van der Waals surface area contributed by atoms with Crippen LogP contribution in [-0.2, 0) is 4.79 Å². The first kappa shape index (κ1) is 26.2. The number of H-pyrrole nitrogens is 1. The number of aromatic nitrogens is 2. The van der Waals surface area contributed by atoms with Crippen molar-refractivity contribution in [2.75, 3.05) is 39.6 Å². The Morgan fingerprint density at radius 2 is 1.33 bits per heavy atom. The highest BCUT2D eigenvalue weighted by Crippen LogP contribution is 2.38. The zero-order chi connectivity index (χ0) is 28.7. The van der Waals surface area contributed by atoms with E-state index in [1.165, 1.54) is 0 Å². The van der Waals surface area contributed by atoms with E-state index in [9.17, 15) is 14.4 Å². The molecule has 1 unspecified atom stereocenters. The second-order valence-corrected chi connectivity index (χ2v) is 11.2. The van der Waals surface area contributed by atoms with Crippen molar-refractivity contribution in [1.29, 1.82) is 0 Å². The first-order valence-corrected chi connectivity index (χ1v) is 13.9. The molecule has 3 N–H and O–H groups in total. The van der Waals surface area contributed by atoms with E-state index in [0.717, 1.165) is 50.9 Å². The second-order valence-electron chi connectivity index (χ2n) is 11.2. The van der Waals surface area contributed by atoms with Gasteiger partial charge in [0.05, 0.1) is 36.5 Å². The highest BCUT2D eigenvalue weighted by atomic mass is 16.2. The summed E-state index contributed by atoms with van der Waals surface area (Å²) in [5, 5.41) is 15.2. The normalized spacial score (nSPS) is 25.2. The average Bonchev–Trinajstić information content (AvgIpc) is 3.00. The minimum atomic E-state index is -1.23. The number of hydrogen-bond acceptors (Lipinski definition) is 8. The van der Waals surface area contributed by atoms with E-state index in [1.807, 2.05) is 36.4 Å². The highest BCUT2D eigenvalue weighted by molar-refractivity contribution is 6.06. The monoisotopic (exact) mass is 562 g/mol. The number of fused-ring (bicyclic) bond motifs is 1. The molecule has 0 spiro atoms. The summed E-state index contributed by atoms with van der Waals surface area (Å²) in [7, 11) is 0. The van der Waals surface area contributed by atoms with Crippen LogP contribution >= 0.6 is 0 Å². The zero-order valence-electron chi connectivity index (χ0n) is 22.9. The van der Waals surface area contributed by atoms with Gasteiger partial charge in [-0.2, -0.15) is 10.2 Å². The molecule has 42 heavy (non-hydrogen) atoms. The Morgan fingerprint density at radius 1 is 0.786 bits per heavy atom. The van der Waals surface area contributed by atoms with E-state index >= 15 is 0 Å². The summed E-state index contributed by atoms with van der Waals surface area (Å²) >= 11 is 0. The van der Waals surface area contributed by atoms with Gasteiger partial charge in [-0.1, -0.05) is 66.7 Å². The van der Waals surface area contributed by atoms with Crippen LogP contribution < -0.4 is 16.3 Å². The van der Waals surface area contributed by atoms with E-state index in [-0.39, 0.29) is 16.7 Å². The summed E-state index contributed by atoms with van der Waals surface area (Å²) in [5.74, 6) is -1.02. The summed E-state index contributed by atoms with van der Waals surface area (Å²) in [6, 6.07) is 24.2. The lowest BCUT2D eigenvalue weighted by Crippen LogP contribution is -2.74. The van der Waals surface area contributed by atoms with Gasteiger partial charge in [0.2, 0.25) is 0 Å². The summed E-state index contributed by atoms with van der Waals surface area (Å²) in [6.07, 6.45) is 0. The van der Waals surface area contributed by atoms with Gasteiger partial charge in [-0.15, -0.1) is 0 Å². The smallest absolute Gasteiger partial charge is 0.272 e. The maximum atomic E-state index is 14.0. The van der Waals surface area contributed by atoms with Crippen molar-refractivity contribution in [3.63, 3.8) is 0 Å². The maximum absolute atomic E-state index is 14.0. The zero-order valence-corrected chi connectivity index (χ0v) is 22.9. The van der Waals surface area contributed by atoms with Gasteiger partial charge in [-0.3, -0.25) is 29.1 Å². The standard InChI is InChI=1S/C31H30N8O3/c40-28(22-11-5-2-6-12-22)32-26(25-23-13-7-8-14-24(23)29(41)35-33-25)30(42)36-34-27(21-9-3-1-4-10-21)31-15-37-18-38(16-31)20-39(17-31)19-37/h1-14,26H,15-20H2,(H,32,40)(H,35,41)(H,36,42)/b34-27-. The van der Waals surface area contributed by atoms with Gasteiger partial charge in [0.25, 0.3) is 17.4 Å². The van der Waals surface area contributed by atoms with Gasteiger partial charge >= 0.3 is 0 Å². The van der Waals surface area contributed by atoms with Crippen LogP contribution in [0.25, 0.3) is 10.8 Å². The lowest BCUT2D eigenvalue weighted by Gasteiger charge is -2.60. The summed E-state index contributed by atoms with van der Waals surface area (Å²) < 4.78 is 0. The number of nitrogens with one attached hydrogen (secondary N) is 3. The molecular formula is C31H30N8O3. The first-order valence-electron chi connectivity index (χ1n) is 13.9.